The fraction of sp³-hybridized carbons (Fsp3) is 0.312. The summed E-state index contributed by atoms with van der Waals surface area (Å²) >= 11 is 0. The van der Waals surface area contributed by atoms with Gasteiger partial charge in [-0.15, -0.1) is 0 Å². The van der Waals surface area contributed by atoms with Crippen molar-refractivity contribution in [2.24, 2.45) is 0 Å². The molecule has 1 heterocycles. The molecular formula is C32H35F2N3O2. The van der Waals surface area contributed by atoms with Crippen LogP contribution in [0.1, 0.15) is 74.3 Å². The first-order valence-electron chi connectivity index (χ1n) is 13.0. The van der Waals surface area contributed by atoms with Crippen molar-refractivity contribution in [2.45, 2.75) is 65.5 Å². The average molecular weight is 532 g/mol. The van der Waals surface area contributed by atoms with Crippen LogP contribution in [0.3, 0.4) is 0 Å². The van der Waals surface area contributed by atoms with Crippen molar-refractivity contribution in [2.75, 3.05) is 5.32 Å². The van der Waals surface area contributed by atoms with Crippen LogP contribution in [0.25, 0.3) is 0 Å². The number of hydrogen-bond donors (Lipinski definition) is 1. The largest absolute Gasteiger partial charge is 0.489 e. The van der Waals surface area contributed by atoms with E-state index in [-0.39, 0.29) is 16.5 Å². The van der Waals surface area contributed by atoms with Gasteiger partial charge in [-0.25, -0.2) is 8.78 Å². The van der Waals surface area contributed by atoms with E-state index in [4.69, 9.17) is 4.74 Å². The molecule has 5 nitrogen and oxygen atoms in total. The smallest absolute Gasteiger partial charge is 0.276 e. The first-order chi connectivity index (χ1) is 18.3. The summed E-state index contributed by atoms with van der Waals surface area (Å²) < 4.78 is 35.7. The van der Waals surface area contributed by atoms with Crippen LogP contribution in [0.15, 0.2) is 72.9 Å². The standard InChI is InChI=1S/C32H35F2N3O2/c1-31(2,3)23-16-21(17-24(18-23)32(4,5)6)20-39-28-13-8-7-10-22(28)19-37-15-14-27(36-37)30(38)35-29-25(33)11-9-12-26(29)34/h7-18H,19-20H2,1-6H3,(H,35,38). The lowest BCUT2D eigenvalue weighted by Crippen LogP contribution is -2.17. The van der Waals surface area contributed by atoms with Gasteiger partial charge in [0.1, 0.15) is 29.7 Å². The molecule has 0 saturated carbocycles. The molecule has 7 heteroatoms. The molecule has 3 aromatic carbocycles. The Bertz CT molecular complexity index is 1430. The Hall–Kier alpha value is -4.00. The molecule has 0 fully saturated rings. The molecular weight excluding hydrogens is 496 g/mol. The van der Waals surface area contributed by atoms with E-state index in [0.717, 1.165) is 23.3 Å². The SMILES string of the molecule is CC(C)(C)c1cc(COc2ccccc2Cn2ccc(C(=O)Nc3c(F)cccc3F)n2)cc(C(C)(C)C)c1. The highest BCUT2D eigenvalue weighted by Gasteiger charge is 2.21. The summed E-state index contributed by atoms with van der Waals surface area (Å²) in [7, 11) is 0. The molecule has 0 aliphatic heterocycles. The predicted octanol–water partition coefficient (Wildman–Crippen LogP) is 7.64. The lowest BCUT2D eigenvalue weighted by molar-refractivity contribution is 0.102. The number of carbonyl (C=O) groups excluding carboxylic acids is 1. The third-order valence-corrected chi connectivity index (χ3v) is 6.50. The second-order valence-corrected chi connectivity index (χ2v) is 11.8. The fourth-order valence-electron chi connectivity index (χ4n) is 4.12. The zero-order valence-electron chi connectivity index (χ0n) is 23.3. The normalized spacial score (nSPS) is 11.9. The van der Waals surface area contributed by atoms with Crippen LogP contribution in [-0.4, -0.2) is 15.7 Å². The number of amides is 1. The molecule has 1 amide bonds. The Morgan fingerprint density at radius 1 is 0.872 bits per heavy atom. The molecule has 0 radical (unpaired) electrons. The summed E-state index contributed by atoms with van der Waals surface area (Å²) in [5, 5.41) is 6.56. The van der Waals surface area contributed by atoms with Crippen molar-refractivity contribution in [3.63, 3.8) is 0 Å². The first-order valence-corrected chi connectivity index (χ1v) is 13.0. The highest BCUT2D eigenvalue weighted by molar-refractivity contribution is 6.02. The molecule has 0 atom stereocenters. The summed E-state index contributed by atoms with van der Waals surface area (Å²) in [6.07, 6.45) is 1.64. The third kappa shape index (κ3) is 6.91. The van der Waals surface area contributed by atoms with E-state index in [1.807, 2.05) is 24.3 Å². The van der Waals surface area contributed by atoms with E-state index in [9.17, 15) is 13.6 Å². The molecule has 1 N–H and O–H groups in total. The maximum atomic E-state index is 13.9. The predicted molar refractivity (Wildman–Crippen MR) is 150 cm³/mol. The van der Waals surface area contributed by atoms with Crippen LogP contribution in [0.2, 0.25) is 0 Å². The Kier molecular flexibility index (Phi) is 7.91. The summed E-state index contributed by atoms with van der Waals surface area (Å²) in [4.78, 5) is 12.6. The van der Waals surface area contributed by atoms with Crippen LogP contribution >= 0.6 is 0 Å². The molecule has 39 heavy (non-hydrogen) atoms. The minimum Gasteiger partial charge on any atom is -0.489 e. The van der Waals surface area contributed by atoms with Crippen LogP contribution < -0.4 is 10.1 Å². The number of benzene rings is 3. The average Bonchev–Trinajstić information content (AvgIpc) is 3.33. The van der Waals surface area contributed by atoms with Crippen LogP contribution in [-0.2, 0) is 24.0 Å². The fourth-order valence-corrected chi connectivity index (χ4v) is 4.12. The Morgan fingerprint density at radius 2 is 1.49 bits per heavy atom. The van der Waals surface area contributed by atoms with Gasteiger partial charge in [0.05, 0.1) is 6.54 Å². The topological polar surface area (TPSA) is 56.1 Å². The number of nitrogens with zero attached hydrogens (tertiary/aromatic N) is 2. The summed E-state index contributed by atoms with van der Waals surface area (Å²) in [5.41, 5.74) is 4.08. The zero-order chi connectivity index (χ0) is 28.4. The summed E-state index contributed by atoms with van der Waals surface area (Å²) in [6, 6.07) is 19.3. The number of hydrogen-bond acceptors (Lipinski definition) is 3. The zero-order valence-corrected chi connectivity index (χ0v) is 23.3. The molecule has 0 aliphatic rings. The van der Waals surface area contributed by atoms with E-state index < -0.39 is 23.2 Å². The van der Waals surface area contributed by atoms with Crippen molar-refractivity contribution in [3.8, 4) is 5.75 Å². The van der Waals surface area contributed by atoms with E-state index in [2.05, 4.69) is 70.2 Å². The Labute approximate surface area is 228 Å². The number of nitrogens with one attached hydrogen (secondary N) is 1. The number of para-hydroxylation sites is 2. The minimum absolute atomic E-state index is 0.00998. The van der Waals surface area contributed by atoms with Crippen LogP contribution in [0.4, 0.5) is 14.5 Å². The molecule has 4 rings (SSSR count). The molecule has 0 bridgehead atoms. The number of anilines is 1. The lowest BCUT2D eigenvalue weighted by Gasteiger charge is -2.26. The number of rotatable bonds is 7. The monoisotopic (exact) mass is 531 g/mol. The lowest BCUT2D eigenvalue weighted by atomic mass is 9.79. The number of carbonyl (C=O) groups is 1. The highest BCUT2D eigenvalue weighted by atomic mass is 19.1. The van der Waals surface area contributed by atoms with Crippen molar-refractivity contribution < 1.29 is 18.3 Å². The van der Waals surface area contributed by atoms with E-state index >= 15 is 0 Å². The quantitative estimate of drug-likeness (QED) is 0.267. The third-order valence-electron chi connectivity index (χ3n) is 6.50. The molecule has 0 aliphatic carbocycles. The van der Waals surface area contributed by atoms with Crippen molar-refractivity contribution in [1.29, 1.82) is 0 Å². The van der Waals surface area contributed by atoms with Gasteiger partial charge in [-0.05, 0) is 51.8 Å². The molecule has 1 aromatic heterocycles. The van der Waals surface area contributed by atoms with E-state index in [1.165, 1.54) is 23.3 Å². The Morgan fingerprint density at radius 3 is 2.10 bits per heavy atom. The number of aromatic nitrogens is 2. The summed E-state index contributed by atoms with van der Waals surface area (Å²) in [6.45, 7) is 14.0. The second kappa shape index (κ2) is 11.0. The maximum Gasteiger partial charge on any atom is 0.276 e. The second-order valence-electron chi connectivity index (χ2n) is 11.8. The first kappa shape index (κ1) is 28.0. The molecule has 0 saturated heterocycles. The number of ether oxygens (including phenoxy) is 1. The van der Waals surface area contributed by atoms with Crippen molar-refractivity contribution >= 4 is 11.6 Å². The van der Waals surface area contributed by atoms with Gasteiger partial charge in [0.25, 0.3) is 5.91 Å². The van der Waals surface area contributed by atoms with Gasteiger partial charge < -0.3 is 10.1 Å². The number of halogens is 2. The Balaban J connectivity index is 1.50. The van der Waals surface area contributed by atoms with Gasteiger partial charge in [-0.2, -0.15) is 5.10 Å². The molecule has 0 unspecified atom stereocenters. The van der Waals surface area contributed by atoms with Gasteiger partial charge >= 0.3 is 0 Å². The molecule has 204 valence electrons. The van der Waals surface area contributed by atoms with Gasteiger partial charge in [-0.1, -0.05) is 84.0 Å². The van der Waals surface area contributed by atoms with Crippen LogP contribution in [0.5, 0.6) is 5.75 Å². The van der Waals surface area contributed by atoms with E-state index in [0.29, 0.717) is 18.9 Å². The summed E-state index contributed by atoms with van der Waals surface area (Å²) in [5.74, 6) is -1.69. The van der Waals surface area contributed by atoms with Gasteiger partial charge in [0, 0.05) is 11.8 Å². The van der Waals surface area contributed by atoms with E-state index in [1.54, 1.807) is 10.9 Å². The van der Waals surface area contributed by atoms with Gasteiger partial charge in [-0.3, -0.25) is 9.48 Å². The van der Waals surface area contributed by atoms with Gasteiger partial charge in [0.15, 0.2) is 5.69 Å². The minimum atomic E-state index is -0.850. The highest BCUT2D eigenvalue weighted by Crippen LogP contribution is 2.31. The molecule has 0 spiro atoms. The van der Waals surface area contributed by atoms with Crippen LogP contribution in [0, 0.1) is 11.6 Å². The maximum absolute atomic E-state index is 13.9. The molecule has 4 aromatic rings. The van der Waals surface area contributed by atoms with Crippen molar-refractivity contribution in [1.82, 2.24) is 9.78 Å². The van der Waals surface area contributed by atoms with Crippen molar-refractivity contribution in [3.05, 3.63) is 113 Å². The van der Waals surface area contributed by atoms with Gasteiger partial charge in [0.2, 0.25) is 0 Å².